The Morgan fingerprint density at radius 2 is 2.10 bits per heavy atom. The van der Waals surface area contributed by atoms with Gasteiger partial charge in [-0.15, -0.1) is 0 Å². The van der Waals surface area contributed by atoms with Gasteiger partial charge in [0.05, 0.1) is 0 Å². The lowest BCUT2D eigenvalue weighted by Crippen LogP contribution is -2.51. The molecule has 1 saturated carbocycles. The van der Waals surface area contributed by atoms with Crippen molar-refractivity contribution in [2.24, 2.45) is 16.3 Å². The van der Waals surface area contributed by atoms with E-state index < -0.39 is 5.41 Å². The van der Waals surface area contributed by atoms with Gasteiger partial charge in [-0.1, -0.05) is 11.6 Å². The number of rotatable bonds is 3. The van der Waals surface area contributed by atoms with Gasteiger partial charge < -0.3 is 25.7 Å². The minimum atomic E-state index is -0.898. The Kier molecular flexibility index (Phi) is 2.89. The molecular formula is C13H15N3O4. The molecule has 0 saturated heterocycles. The zero-order valence-electron chi connectivity index (χ0n) is 10.8. The van der Waals surface area contributed by atoms with Crippen LogP contribution in [0.4, 0.5) is 5.69 Å². The molecule has 1 aliphatic carbocycles. The predicted octanol–water partition coefficient (Wildman–Crippen LogP) is 1.27. The fourth-order valence-corrected chi connectivity index (χ4v) is 2.45. The summed E-state index contributed by atoms with van der Waals surface area (Å²) in [6, 6.07) is 5.15. The summed E-state index contributed by atoms with van der Waals surface area (Å²) in [5.74, 6) is 0.937. The van der Waals surface area contributed by atoms with Crippen molar-refractivity contribution in [3.05, 3.63) is 18.2 Å². The second-order valence-corrected chi connectivity index (χ2v) is 4.94. The zero-order chi connectivity index (χ0) is 14.2. The first kappa shape index (κ1) is 12.6. The fourth-order valence-electron chi connectivity index (χ4n) is 2.45. The third-order valence-corrected chi connectivity index (χ3v) is 3.87. The monoisotopic (exact) mass is 277 g/mol. The molecule has 7 nitrogen and oxygen atoms in total. The molecule has 106 valence electrons. The number of ether oxygens (including phenoxy) is 2. The van der Waals surface area contributed by atoms with Crippen molar-refractivity contribution in [3.63, 3.8) is 0 Å². The summed E-state index contributed by atoms with van der Waals surface area (Å²) in [5, 5.41) is 14.6. The quantitative estimate of drug-likeness (QED) is 0.334. The van der Waals surface area contributed by atoms with Crippen LogP contribution in [0.5, 0.6) is 11.5 Å². The van der Waals surface area contributed by atoms with Crippen LogP contribution < -0.4 is 20.5 Å². The molecule has 4 N–H and O–H groups in total. The topological polar surface area (TPSA) is 106 Å². The maximum Gasteiger partial charge on any atom is 0.238 e. The molecule has 20 heavy (non-hydrogen) atoms. The molecule has 0 aromatic heterocycles. The number of nitrogens with one attached hydrogen (secondary N) is 1. The van der Waals surface area contributed by atoms with Crippen LogP contribution in [-0.4, -0.2) is 23.7 Å². The van der Waals surface area contributed by atoms with Crippen molar-refractivity contribution >= 4 is 17.4 Å². The van der Waals surface area contributed by atoms with E-state index in [2.05, 4.69) is 10.5 Å². The van der Waals surface area contributed by atoms with Gasteiger partial charge in [0.25, 0.3) is 0 Å². The normalized spacial score (nSPS) is 19.3. The van der Waals surface area contributed by atoms with E-state index in [9.17, 15) is 4.79 Å². The molecule has 2 aliphatic rings. The van der Waals surface area contributed by atoms with Gasteiger partial charge in [-0.25, -0.2) is 0 Å². The molecule has 1 aromatic rings. The summed E-state index contributed by atoms with van der Waals surface area (Å²) in [4.78, 5) is 12.4. The number of carbonyl (C=O) groups excluding carboxylic acids is 1. The van der Waals surface area contributed by atoms with Crippen LogP contribution in [0, 0.1) is 5.41 Å². The Balaban J connectivity index is 1.79. The molecule has 1 aromatic carbocycles. The molecule has 0 radical (unpaired) electrons. The van der Waals surface area contributed by atoms with Crippen molar-refractivity contribution in [3.8, 4) is 11.5 Å². The molecule has 0 unspecified atom stereocenters. The van der Waals surface area contributed by atoms with Crippen molar-refractivity contribution in [1.82, 2.24) is 0 Å². The van der Waals surface area contributed by atoms with Gasteiger partial charge in [0.2, 0.25) is 12.7 Å². The van der Waals surface area contributed by atoms with Gasteiger partial charge in [0.15, 0.2) is 17.3 Å². The van der Waals surface area contributed by atoms with Crippen LogP contribution >= 0.6 is 0 Å². The van der Waals surface area contributed by atoms with Crippen LogP contribution in [-0.2, 0) is 4.79 Å². The zero-order valence-corrected chi connectivity index (χ0v) is 10.8. The summed E-state index contributed by atoms with van der Waals surface area (Å²) >= 11 is 0. The highest BCUT2D eigenvalue weighted by Crippen LogP contribution is 2.42. The van der Waals surface area contributed by atoms with Gasteiger partial charge in [-0.2, -0.15) is 0 Å². The van der Waals surface area contributed by atoms with E-state index in [1.54, 1.807) is 18.2 Å². The highest BCUT2D eigenvalue weighted by atomic mass is 16.7. The molecule has 1 fully saturated rings. The lowest BCUT2D eigenvalue weighted by molar-refractivity contribution is -0.125. The van der Waals surface area contributed by atoms with Crippen molar-refractivity contribution in [2.45, 2.75) is 19.3 Å². The number of hydrogen-bond acceptors (Lipinski definition) is 5. The number of anilines is 1. The summed E-state index contributed by atoms with van der Waals surface area (Å²) in [7, 11) is 0. The van der Waals surface area contributed by atoms with Crippen molar-refractivity contribution in [2.75, 3.05) is 12.1 Å². The average molecular weight is 277 g/mol. The lowest BCUT2D eigenvalue weighted by atomic mass is 9.67. The van der Waals surface area contributed by atoms with Crippen LogP contribution in [0.15, 0.2) is 23.4 Å². The average Bonchev–Trinajstić information content (AvgIpc) is 2.84. The summed E-state index contributed by atoms with van der Waals surface area (Å²) in [6.07, 6.45) is 2.04. The van der Waals surface area contributed by atoms with E-state index >= 15 is 0 Å². The van der Waals surface area contributed by atoms with E-state index in [-0.39, 0.29) is 18.5 Å². The van der Waals surface area contributed by atoms with Crippen LogP contribution in [0.2, 0.25) is 0 Å². The highest BCUT2D eigenvalue weighted by Gasteiger charge is 2.48. The molecule has 1 amide bonds. The van der Waals surface area contributed by atoms with Gasteiger partial charge in [0, 0.05) is 11.8 Å². The van der Waals surface area contributed by atoms with Gasteiger partial charge >= 0.3 is 0 Å². The third kappa shape index (κ3) is 1.82. The number of hydrogen-bond donors (Lipinski definition) is 3. The number of amides is 1. The minimum Gasteiger partial charge on any atom is -0.454 e. The molecule has 1 aliphatic heterocycles. The van der Waals surface area contributed by atoms with Gasteiger partial charge in [0.1, 0.15) is 5.41 Å². The Labute approximate surface area is 115 Å². The molecule has 3 rings (SSSR count). The molecule has 0 atom stereocenters. The van der Waals surface area contributed by atoms with Crippen molar-refractivity contribution < 1.29 is 19.5 Å². The summed E-state index contributed by atoms with van der Waals surface area (Å²) in [5.41, 5.74) is 5.35. The molecular weight excluding hydrogens is 262 g/mol. The lowest BCUT2D eigenvalue weighted by Gasteiger charge is -2.38. The number of amidine groups is 1. The van der Waals surface area contributed by atoms with E-state index in [1.165, 1.54) is 0 Å². The Morgan fingerprint density at radius 3 is 2.75 bits per heavy atom. The molecule has 0 spiro atoms. The second-order valence-electron chi connectivity index (χ2n) is 4.94. The number of nitrogens with two attached hydrogens (primary N) is 1. The minimum absolute atomic E-state index is 0.0398. The van der Waals surface area contributed by atoms with E-state index in [0.717, 1.165) is 6.42 Å². The molecule has 7 heteroatoms. The second kappa shape index (κ2) is 4.59. The Bertz CT molecular complexity index is 581. The molecule has 0 bridgehead atoms. The maximum absolute atomic E-state index is 12.4. The predicted molar refractivity (Wildman–Crippen MR) is 70.9 cm³/mol. The number of carbonyl (C=O) groups is 1. The number of nitrogens with zero attached hydrogens (tertiary/aromatic N) is 1. The highest BCUT2D eigenvalue weighted by molar-refractivity contribution is 6.12. The SMILES string of the molecule is N/C(=N/O)C1(C(=O)Nc2ccc3c(c2)OCO3)CCC1. The standard InChI is InChI=1S/C13H15N3O4/c14-11(16-18)13(4-1-5-13)12(17)15-8-2-3-9-10(6-8)20-7-19-9/h2-3,6,18H,1,4-5,7H2,(H2,14,16)(H,15,17). The molecule has 1 heterocycles. The van der Waals surface area contributed by atoms with E-state index in [0.29, 0.717) is 30.0 Å². The van der Waals surface area contributed by atoms with E-state index in [1.807, 2.05) is 0 Å². The Morgan fingerprint density at radius 1 is 1.35 bits per heavy atom. The number of fused-ring (bicyclic) bond motifs is 1. The smallest absolute Gasteiger partial charge is 0.238 e. The third-order valence-electron chi connectivity index (χ3n) is 3.87. The van der Waals surface area contributed by atoms with Crippen molar-refractivity contribution in [1.29, 1.82) is 0 Å². The summed E-state index contributed by atoms with van der Waals surface area (Å²) < 4.78 is 10.5. The number of oxime groups is 1. The van der Waals surface area contributed by atoms with Crippen LogP contribution in [0.1, 0.15) is 19.3 Å². The first-order chi connectivity index (χ1) is 9.65. The summed E-state index contributed by atoms with van der Waals surface area (Å²) in [6.45, 7) is 0.181. The van der Waals surface area contributed by atoms with Gasteiger partial charge in [-0.3, -0.25) is 4.79 Å². The van der Waals surface area contributed by atoms with Crippen LogP contribution in [0.3, 0.4) is 0 Å². The largest absolute Gasteiger partial charge is 0.454 e. The van der Waals surface area contributed by atoms with Gasteiger partial charge in [-0.05, 0) is 25.0 Å². The Hall–Kier alpha value is -2.44. The van der Waals surface area contributed by atoms with Crippen LogP contribution in [0.25, 0.3) is 0 Å². The van der Waals surface area contributed by atoms with E-state index in [4.69, 9.17) is 20.4 Å². The first-order valence-electron chi connectivity index (χ1n) is 6.35. The first-order valence-corrected chi connectivity index (χ1v) is 6.35. The number of benzene rings is 1. The fraction of sp³-hybridized carbons (Fsp3) is 0.385. The maximum atomic E-state index is 12.4.